The van der Waals surface area contributed by atoms with E-state index < -0.39 is 0 Å². The maximum atomic E-state index is 5.58. The number of hydrogen-bond acceptors (Lipinski definition) is 4. The van der Waals surface area contributed by atoms with E-state index in [0.717, 1.165) is 38.7 Å². The van der Waals surface area contributed by atoms with Crippen molar-refractivity contribution in [2.75, 3.05) is 40.3 Å². The van der Waals surface area contributed by atoms with Crippen LogP contribution in [0.2, 0.25) is 0 Å². The van der Waals surface area contributed by atoms with Crippen LogP contribution in [-0.2, 0) is 17.7 Å². The largest absolute Gasteiger partial charge is 0.379 e. The normalized spacial score (nSPS) is 16.8. The third kappa shape index (κ3) is 7.03. The molecular formula is C18H33IN4OS. The lowest BCUT2D eigenvalue weighted by Crippen LogP contribution is -2.47. The summed E-state index contributed by atoms with van der Waals surface area (Å²) in [6.07, 6.45) is 1.33. The Morgan fingerprint density at radius 2 is 2.16 bits per heavy atom. The Morgan fingerprint density at radius 3 is 2.80 bits per heavy atom. The maximum Gasteiger partial charge on any atom is 0.191 e. The number of thiophene rings is 1. The van der Waals surface area contributed by atoms with Crippen molar-refractivity contribution in [3.63, 3.8) is 0 Å². The molecule has 0 bridgehead atoms. The van der Waals surface area contributed by atoms with Gasteiger partial charge in [-0.2, -0.15) is 0 Å². The first-order valence-electron chi connectivity index (χ1n) is 8.69. The van der Waals surface area contributed by atoms with Gasteiger partial charge in [-0.05, 0) is 28.8 Å². The molecule has 5 nitrogen and oxygen atoms in total. The van der Waals surface area contributed by atoms with Crippen molar-refractivity contribution >= 4 is 41.3 Å². The van der Waals surface area contributed by atoms with Gasteiger partial charge in [0.1, 0.15) is 0 Å². The van der Waals surface area contributed by atoms with E-state index in [9.17, 15) is 0 Å². The van der Waals surface area contributed by atoms with Crippen LogP contribution in [0.1, 0.15) is 31.2 Å². The van der Waals surface area contributed by atoms with E-state index in [1.165, 1.54) is 12.0 Å². The van der Waals surface area contributed by atoms with Gasteiger partial charge in [0.15, 0.2) is 5.96 Å². The number of guanidine groups is 1. The fourth-order valence-corrected chi connectivity index (χ4v) is 3.87. The van der Waals surface area contributed by atoms with Crippen LogP contribution < -0.4 is 10.6 Å². The summed E-state index contributed by atoms with van der Waals surface area (Å²) in [4.78, 5) is 8.37. The van der Waals surface area contributed by atoms with E-state index in [-0.39, 0.29) is 35.5 Å². The standard InChI is InChI=1S/C18H32N4OS.HI/c1-18(2,3)16(23-5)12-21-17(19-4)20-8-10-22-9-6-15-14(13-22)7-11-24-15;/h7,11,16H,6,8-10,12-13H2,1-5H3,(H2,19,20,21);1H. The second kappa shape index (κ2) is 10.7. The summed E-state index contributed by atoms with van der Waals surface area (Å²) in [5.41, 5.74) is 1.61. The average molecular weight is 480 g/mol. The van der Waals surface area contributed by atoms with Crippen molar-refractivity contribution in [2.45, 2.75) is 39.8 Å². The first kappa shape index (κ1) is 22.7. The van der Waals surface area contributed by atoms with E-state index in [1.807, 2.05) is 18.4 Å². The van der Waals surface area contributed by atoms with Gasteiger partial charge in [-0.25, -0.2) is 0 Å². The highest BCUT2D eigenvalue weighted by molar-refractivity contribution is 14.0. The number of hydrogen-bond donors (Lipinski definition) is 2. The topological polar surface area (TPSA) is 48.9 Å². The average Bonchev–Trinajstić information content (AvgIpc) is 3.00. The maximum absolute atomic E-state index is 5.58. The minimum Gasteiger partial charge on any atom is -0.379 e. The first-order valence-corrected chi connectivity index (χ1v) is 9.57. The third-order valence-electron chi connectivity index (χ3n) is 4.54. The van der Waals surface area contributed by atoms with Gasteiger partial charge in [-0.1, -0.05) is 20.8 Å². The Hall–Kier alpha value is -0.380. The molecule has 1 unspecified atom stereocenters. The van der Waals surface area contributed by atoms with E-state index in [2.05, 4.69) is 52.7 Å². The fourth-order valence-electron chi connectivity index (χ4n) is 2.98. The Morgan fingerprint density at radius 1 is 1.40 bits per heavy atom. The van der Waals surface area contributed by atoms with Crippen molar-refractivity contribution in [1.29, 1.82) is 0 Å². The number of halogens is 1. The number of nitrogens with one attached hydrogen (secondary N) is 2. The monoisotopic (exact) mass is 480 g/mol. The van der Waals surface area contributed by atoms with Gasteiger partial charge >= 0.3 is 0 Å². The zero-order chi connectivity index (χ0) is 17.6. The molecule has 1 aromatic rings. The highest BCUT2D eigenvalue weighted by atomic mass is 127. The molecule has 1 aromatic heterocycles. The van der Waals surface area contributed by atoms with Crippen molar-refractivity contribution in [3.05, 3.63) is 21.9 Å². The van der Waals surface area contributed by atoms with Crippen molar-refractivity contribution in [1.82, 2.24) is 15.5 Å². The molecule has 1 aliphatic heterocycles. The molecule has 2 rings (SSSR count). The molecule has 2 N–H and O–H groups in total. The van der Waals surface area contributed by atoms with Gasteiger partial charge in [0.05, 0.1) is 6.10 Å². The lowest BCUT2D eigenvalue weighted by atomic mass is 9.89. The number of aliphatic imine (C=N–C) groups is 1. The minimum absolute atomic E-state index is 0. The highest BCUT2D eigenvalue weighted by Gasteiger charge is 2.24. The molecule has 1 aliphatic rings. The van der Waals surface area contributed by atoms with Crippen LogP contribution in [0, 0.1) is 5.41 Å². The lowest BCUT2D eigenvalue weighted by Gasteiger charge is -2.30. The molecule has 2 heterocycles. The Labute approximate surface area is 173 Å². The Kier molecular flexibility index (Phi) is 9.69. The predicted molar refractivity (Wildman–Crippen MR) is 118 cm³/mol. The second-order valence-electron chi connectivity index (χ2n) is 7.37. The summed E-state index contributed by atoms with van der Waals surface area (Å²) in [7, 11) is 3.58. The molecule has 0 aliphatic carbocycles. The van der Waals surface area contributed by atoms with Gasteiger partial charge < -0.3 is 15.4 Å². The van der Waals surface area contributed by atoms with Crippen molar-refractivity contribution < 1.29 is 4.74 Å². The van der Waals surface area contributed by atoms with Crippen LogP contribution >= 0.6 is 35.3 Å². The van der Waals surface area contributed by atoms with Crippen LogP contribution in [0.3, 0.4) is 0 Å². The zero-order valence-electron chi connectivity index (χ0n) is 16.1. The van der Waals surface area contributed by atoms with Crippen molar-refractivity contribution in [3.8, 4) is 0 Å². The molecule has 1 atom stereocenters. The second-order valence-corrected chi connectivity index (χ2v) is 8.37. The van der Waals surface area contributed by atoms with E-state index in [1.54, 1.807) is 12.0 Å². The zero-order valence-corrected chi connectivity index (χ0v) is 19.2. The Balaban J connectivity index is 0.00000312. The van der Waals surface area contributed by atoms with Crippen molar-refractivity contribution in [2.24, 2.45) is 10.4 Å². The number of fused-ring (bicyclic) bond motifs is 1. The summed E-state index contributed by atoms with van der Waals surface area (Å²) < 4.78 is 5.58. The SMILES string of the molecule is CN=C(NCCN1CCc2sccc2C1)NCC(OC)C(C)(C)C.I. The summed E-state index contributed by atoms with van der Waals surface area (Å²) >= 11 is 1.89. The minimum atomic E-state index is 0. The van der Waals surface area contributed by atoms with Gasteiger partial charge in [-0.15, -0.1) is 35.3 Å². The van der Waals surface area contributed by atoms with Gasteiger partial charge in [0.2, 0.25) is 0 Å². The number of methoxy groups -OCH3 is 1. The molecule has 0 fully saturated rings. The molecular weight excluding hydrogens is 447 g/mol. The summed E-state index contributed by atoms with van der Waals surface area (Å²) in [6.45, 7) is 11.5. The fraction of sp³-hybridized carbons (Fsp3) is 0.722. The molecule has 0 amide bonds. The molecule has 0 spiro atoms. The molecule has 0 aromatic carbocycles. The van der Waals surface area contributed by atoms with E-state index in [0.29, 0.717) is 0 Å². The van der Waals surface area contributed by atoms with E-state index >= 15 is 0 Å². The molecule has 7 heteroatoms. The van der Waals surface area contributed by atoms with Crippen LogP contribution in [0.5, 0.6) is 0 Å². The van der Waals surface area contributed by atoms with Gasteiger partial charge in [0.25, 0.3) is 0 Å². The number of rotatable bonds is 6. The number of nitrogens with zero attached hydrogens (tertiary/aromatic N) is 2. The summed E-state index contributed by atoms with van der Waals surface area (Å²) in [5, 5.41) is 8.99. The third-order valence-corrected chi connectivity index (χ3v) is 5.56. The molecule has 0 saturated heterocycles. The summed E-state index contributed by atoms with van der Waals surface area (Å²) in [6, 6.07) is 2.26. The quantitative estimate of drug-likeness (QED) is 0.374. The van der Waals surface area contributed by atoms with Crippen LogP contribution in [-0.4, -0.2) is 57.3 Å². The smallest absolute Gasteiger partial charge is 0.191 e. The van der Waals surface area contributed by atoms with Crippen LogP contribution in [0.25, 0.3) is 0 Å². The highest BCUT2D eigenvalue weighted by Crippen LogP contribution is 2.23. The molecule has 25 heavy (non-hydrogen) atoms. The van der Waals surface area contributed by atoms with Gasteiger partial charge in [0, 0.05) is 51.8 Å². The van der Waals surface area contributed by atoms with Crippen LogP contribution in [0.4, 0.5) is 0 Å². The Bertz CT molecular complexity index is 541. The van der Waals surface area contributed by atoms with Crippen LogP contribution in [0.15, 0.2) is 16.4 Å². The lowest BCUT2D eigenvalue weighted by molar-refractivity contribution is 0.0205. The predicted octanol–water partition coefficient (Wildman–Crippen LogP) is 2.95. The molecule has 0 radical (unpaired) electrons. The van der Waals surface area contributed by atoms with Gasteiger partial charge in [-0.3, -0.25) is 9.89 Å². The summed E-state index contributed by atoms with van der Waals surface area (Å²) in [5.74, 6) is 0.842. The first-order chi connectivity index (χ1) is 11.4. The molecule has 0 saturated carbocycles. The molecule has 144 valence electrons. The number of ether oxygens (including phenoxy) is 1. The van der Waals surface area contributed by atoms with E-state index in [4.69, 9.17) is 4.74 Å².